The van der Waals surface area contributed by atoms with Gasteiger partial charge in [0.05, 0.1) is 12.5 Å². The number of ether oxygens (including phenoxy) is 1. The van der Waals surface area contributed by atoms with Crippen LogP contribution in [-0.2, 0) is 14.9 Å². The lowest BCUT2D eigenvalue weighted by molar-refractivity contribution is -0.145. The molecule has 0 bridgehead atoms. The van der Waals surface area contributed by atoms with Gasteiger partial charge in [0.1, 0.15) is 0 Å². The summed E-state index contributed by atoms with van der Waals surface area (Å²) in [5, 5.41) is 12.4. The van der Waals surface area contributed by atoms with E-state index in [2.05, 4.69) is 15.0 Å². The third kappa shape index (κ3) is 3.32. The predicted molar refractivity (Wildman–Crippen MR) is 75.9 cm³/mol. The Morgan fingerprint density at radius 1 is 1.38 bits per heavy atom. The molecule has 0 spiro atoms. The number of aliphatic carboxylic acids is 1. The molecule has 1 saturated carbocycles. The number of carboxylic acids is 1. The van der Waals surface area contributed by atoms with Crippen molar-refractivity contribution in [3.63, 3.8) is 0 Å². The first-order chi connectivity index (χ1) is 10.1. The molecule has 0 unspecified atom stereocenters. The molecule has 1 aromatic heterocycles. The highest BCUT2D eigenvalue weighted by atomic mass is 16.5. The SMILES string of the molecule is COC(=O)NC[C@H]1CC[C@](C(=O)O)(c2ccncc2)CC1. The largest absolute Gasteiger partial charge is 0.481 e. The van der Waals surface area contributed by atoms with Gasteiger partial charge in [-0.25, -0.2) is 4.79 Å². The van der Waals surface area contributed by atoms with Crippen molar-refractivity contribution >= 4 is 12.1 Å². The van der Waals surface area contributed by atoms with Gasteiger partial charge < -0.3 is 15.2 Å². The summed E-state index contributed by atoms with van der Waals surface area (Å²) in [6, 6.07) is 3.56. The highest BCUT2D eigenvalue weighted by Crippen LogP contribution is 2.41. The van der Waals surface area contributed by atoms with Gasteiger partial charge in [-0.1, -0.05) is 0 Å². The van der Waals surface area contributed by atoms with E-state index in [-0.39, 0.29) is 0 Å². The Bertz CT molecular complexity index is 496. The van der Waals surface area contributed by atoms with Gasteiger partial charge in [0, 0.05) is 18.9 Å². The van der Waals surface area contributed by atoms with Crippen LogP contribution >= 0.6 is 0 Å². The van der Waals surface area contributed by atoms with E-state index in [0.29, 0.717) is 25.3 Å². The number of alkyl carbamates (subject to hydrolysis) is 1. The second-order valence-electron chi connectivity index (χ2n) is 5.44. The number of methoxy groups -OCH3 is 1. The van der Waals surface area contributed by atoms with E-state index in [1.807, 2.05) is 0 Å². The van der Waals surface area contributed by atoms with Crippen LogP contribution in [-0.4, -0.2) is 35.8 Å². The molecule has 6 nitrogen and oxygen atoms in total. The molecule has 1 aliphatic carbocycles. The standard InChI is InChI=1S/C15H20N2O4/c1-21-14(20)17-10-11-2-6-15(7-3-11,13(18)19)12-4-8-16-9-5-12/h4-5,8-9,11H,2-3,6-7,10H2,1H3,(H,17,20)(H,18,19)/t11-,15+. The molecule has 1 fully saturated rings. The van der Waals surface area contributed by atoms with E-state index in [1.165, 1.54) is 7.11 Å². The van der Waals surface area contributed by atoms with Crippen LogP contribution < -0.4 is 5.32 Å². The minimum Gasteiger partial charge on any atom is -0.481 e. The lowest BCUT2D eigenvalue weighted by atomic mass is 9.67. The summed E-state index contributed by atoms with van der Waals surface area (Å²) in [4.78, 5) is 26.8. The van der Waals surface area contributed by atoms with Crippen molar-refractivity contribution in [1.29, 1.82) is 0 Å². The van der Waals surface area contributed by atoms with Gasteiger partial charge in [0.2, 0.25) is 0 Å². The van der Waals surface area contributed by atoms with E-state index >= 15 is 0 Å². The van der Waals surface area contributed by atoms with E-state index < -0.39 is 17.5 Å². The molecule has 0 saturated heterocycles. The molecule has 1 amide bonds. The number of amides is 1. The molecule has 1 aliphatic rings. The average molecular weight is 292 g/mol. The van der Waals surface area contributed by atoms with E-state index in [1.54, 1.807) is 24.5 Å². The number of rotatable bonds is 4. The monoisotopic (exact) mass is 292 g/mol. The van der Waals surface area contributed by atoms with Crippen LogP contribution in [0.5, 0.6) is 0 Å². The highest BCUT2D eigenvalue weighted by Gasteiger charge is 2.43. The third-order valence-corrected chi connectivity index (χ3v) is 4.32. The first-order valence-electron chi connectivity index (χ1n) is 7.04. The van der Waals surface area contributed by atoms with E-state index in [4.69, 9.17) is 0 Å². The Kier molecular flexibility index (Phi) is 4.77. The third-order valence-electron chi connectivity index (χ3n) is 4.32. The van der Waals surface area contributed by atoms with Gasteiger partial charge in [-0.05, 0) is 49.3 Å². The van der Waals surface area contributed by atoms with Gasteiger partial charge in [0.25, 0.3) is 0 Å². The Labute approximate surface area is 123 Å². The summed E-state index contributed by atoms with van der Waals surface area (Å²) in [5.41, 5.74) is -0.0191. The van der Waals surface area contributed by atoms with Crippen molar-refractivity contribution in [1.82, 2.24) is 10.3 Å². The average Bonchev–Trinajstić information content (AvgIpc) is 2.53. The summed E-state index contributed by atoms with van der Waals surface area (Å²) in [6.45, 7) is 0.527. The number of pyridine rings is 1. The zero-order valence-corrected chi connectivity index (χ0v) is 12.0. The van der Waals surface area contributed by atoms with Crippen LogP contribution in [0.15, 0.2) is 24.5 Å². The Morgan fingerprint density at radius 3 is 2.52 bits per heavy atom. The molecule has 21 heavy (non-hydrogen) atoms. The molecule has 1 aromatic rings. The number of carboxylic acid groups (broad SMARTS) is 1. The van der Waals surface area contributed by atoms with Crippen LogP contribution in [0, 0.1) is 5.92 Å². The fraction of sp³-hybridized carbons (Fsp3) is 0.533. The van der Waals surface area contributed by atoms with Gasteiger partial charge in [-0.2, -0.15) is 0 Å². The fourth-order valence-electron chi connectivity index (χ4n) is 2.97. The van der Waals surface area contributed by atoms with E-state index in [0.717, 1.165) is 18.4 Å². The maximum Gasteiger partial charge on any atom is 0.406 e. The number of nitrogens with zero attached hydrogens (tertiary/aromatic N) is 1. The van der Waals surface area contributed by atoms with Gasteiger partial charge in [0.15, 0.2) is 0 Å². The maximum absolute atomic E-state index is 11.8. The van der Waals surface area contributed by atoms with Crippen LogP contribution in [0.3, 0.4) is 0 Å². The lowest BCUT2D eigenvalue weighted by Gasteiger charge is -2.37. The van der Waals surface area contributed by atoms with Crippen molar-refractivity contribution in [3.05, 3.63) is 30.1 Å². The number of hydrogen-bond donors (Lipinski definition) is 2. The molecule has 0 aromatic carbocycles. The number of carbonyl (C=O) groups excluding carboxylic acids is 1. The minimum absolute atomic E-state index is 0.290. The second kappa shape index (κ2) is 6.56. The smallest absolute Gasteiger partial charge is 0.406 e. The van der Waals surface area contributed by atoms with Crippen LogP contribution in [0.1, 0.15) is 31.2 Å². The molecule has 1 heterocycles. The summed E-state index contributed by atoms with van der Waals surface area (Å²) in [6.07, 6.45) is 5.48. The zero-order chi connectivity index (χ0) is 15.3. The summed E-state index contributed by atoms with van der Waals surface area (Å²) < 4.78 is 4.54. The summed E-state index contributed by atoms with van der Waals surface area (Å²) in [5.74, 6) is -0.494. The molecule has 2 rings (SSSR count). The van der Waals surface area contributed by atoms with Crippen molar-refractivity contribution < 1.29 is 19.4 Å². The number of nitrogens with one attached hydrogen (secondary N) is 1. The molecular formula is C15H20N2O4. The number of hydrogen-bond acceptors (Lipinski definition) is 4. The van der Waals surface area contributed by atoms with Gasteiger partial charge in [-0.15, -0.1) is 0 Å². The molecule has 2 N–H and O–H groups in total. The lowest BCUT2D eigenvalue weighted by Crippen LogP contribution is -2.41. The summed E-state index contributed by atoms with van der Waals surface area (Å²) in [7, 11) is 1.33. The highest BCUT2D eigenvalue weighted by molar-refractivity contribution is 5.81. The quantitative estimate of drug-likeness (QED) is 0.885. The van der Waals surface area contributed by atoms with Crippen LogP contribution in [0.2, 0.25) is 0 Å². The predicted octanol–water partition coefficient (Wildman–Crippen LogP) is 1.95. The van der Waals surface area contributed by atoms with Crippen molar-refractivity contribution in [3.8, 4) is 0 Å². The Balaban J connectivity index is 2.02. The van der Waals surface area contributed by atoms with Crippen molar-refractivity contribution in [2.24, 2.45) is 5.92 Å². The molecule has 0 atom stereocenters. The molecule has 6 heteroatoms. The topological polar surface area (TPSA) is 88.5 Å². The number of carbonyl (C=O) groups is 2. The Morgan fingerprint density at radius 2 is 2.00 bits per heavy atom. The molecule has 0 radical (unpaired) electrons. The van der Waals surface area contributed by atoms with Crippen LogP contribution in [0.4, 0.5) is 4.79 Å². The second-order valence-corrected chi connectivity index (χ2v) is 5.44. The molecule has 0 aliphatic heterocycles. The fourth-order valence-corrected chi connectivity index (χ4v) is 2.97. The molecule has 114 valence electrons. The summed E-state index contributed by atoms with van der Waals surface area (Å²) >= 11 is 0. The first-order valence-corrected chi connectivity index (χ1v) is 7.04. The van der Waals surface area contributed by atoms with Crippen LogP contribution in [0.25, 0.3) is 0 Å². The van der Waals surface area contributed by atoms with Gasteiger partial charge in [-0.3, -0.25) is 9.78 Å². The zero-order valence-electron chi connectivity index (χ0n) is 12.0. The van der Waals surface area contributed by atoms with E-state index in [9.17, 15) is 14.7 Å². The minimum atomic E-state index is -0.829. The normalized spacial score (nSPS) is 25.1. The van der Waals surface area contributed by atoms with Crippen molar-refractivity contribution in [2.45, 2.75) is 31.1 Å². The molecular weight excluding hydrogens is 272 g/mol. The van der Waals surface area contributed by atoms with Crippen molar-refractivity contribution in [2.75, 3.05) is 13.7 Å². The van der Waals surface area contributed by atoms with Gasteiger partial charge >= 0.3 is 12.1 Å². The Hall–Kier alpha value is -2.11. The maximum atomic E-state index is 11.8. The number of aromatic nitrogens is 1. The first kappa shape index (κ1) is 15.3.